The first kappa shape index (κ1) is 41.8. The fourth-order valence-electron chi connectivity index (χ4n) is 5.04. The van der Waals surface area contributed by atoms with Gasteiger partial charge in [0.1, 0.15) is 24.3 Å². The number of esters is 3. The molecule has 50 heavy (non-hydrogen) atoms. The topological polar surface area (TPSA) is 129 Å². The van der Waals surface area contributed by atoms with Crippen molar-refractivity contribution in [1.82, 2.24) is 9.80 Å². The van der Waals surface area contributed by atoms with E-state index in [1.165, 1.54) is 30.8 Å². The predicted octanol–water partition coefficient (Wildman–Crippen LogP) is 6.28. The molecular formula is C39H56N2O9. The Morgan fingerprint density at radius 1 is 0.680 bits per heavy atom. The molecule has 0 aromatic heterocycles. The summed E-state index contributed by atoms with van der Waals surface area (Å²) < 4.78 is 22.3. The van der Waals surface area contributed by atoms with Crippen LogP contribution in [0.15, 0.2) is 54.6 Å². The summed E-state index contributed by atoms with van der Waals surface area (Å²) in [6.45, 7) is 16.2. The summed E-state index contributed by atoms with van der Waals surface area (Å²) in [5.74, 6) is -2.97. The molecule has 0 bridgehead atoms. The molecule has 0 N–H and O–H groups in total. The van der Waals surface area contributed by atoms with Crippen LogP contribution in [-0.2, 0) is 51.2 Å². The fraction of sp³-hybridized carbons (Fsp3) is 0.564. The first-order valence-corrected chi connectivity index (χ1v) is 17.2. The second-order valence-corrected chi connectivity index (χ2v) is 14.6. The molecule has 0 saturated heterocycles. The van der Waals surface area contributed by atoms with Crippen molar-refractivity contribution in [3.8, 4) is 0 Å². The highest BCUT2D eigenvalue weighted by molar-refractivity contribution is 5.90. The maximum absolute atomic E-state index is 14.2. The van der Waals surface area contributed by atoms with Crippen LogP contribution in [0.4, 0.5) is 4.79 Å². The third-order valence-electron chi connectivity index (χ3n) is 7.82. The van der Waals surface area contributed by atoms with Gasteiger partial charge < -0.3 is 23.8 Å². The van der Waals surface area contributed by atoms with E-state index in [0.29, 0.717) is 0 Å². The minimum absolute atomic E-state index is 0.00192. The number of nitrogens with zero attached hydrogens (tertiary/aromatic N) is 2. The van der Waals surface area contributed by atoms with E-state index in [1.807, 2.05) is 89.2 Å². The first-order valence-electron chi connectivity index (χ1n) is 17.2. The molecular weight excluding hydrogens is 640 g/mol. The van der Waals surface area contributed by atoms with E-state index in [2.05, 4.69) is 0 Å². The fourth-order valence-corrected chi connectivity index (χ4v) is 5.04. The number of carbonyl (C=O) groups excluding carboxylic acids is 5. The number of rotatable bonds is 16. The highest BCUT2D eigenvalue weighted by Crippen LogP contribution is 2.21. The Labute approximate surface area is 297 Å². The number of likely N-dealkylation sites (N-methyl/N-ethyl adjacent to an activating group) is 2. The van der Waals surface area contributed by atoms with Crippen molar-refractivity contribution < 1.29 is 42.9 Å². The molecule has 0 aliphatic heterocycles. The third-order valence-corrected chi connectivity index (χ3v) is 7.82. The van der Waals surface area contributed by atoms with Gasteiger partial charge in [-0.05, 0) is 70.4 Å². The molecule has 0 unspecified atom stereocenters. The Bertz CT molecular complexity index is 1420. The van der Waals surface area contributed by atoms with Crippen molar-refractivity contribution in [1.29, 1.82) is 0 Å². The number of ether oxygens (including phenoxy) is 4. The molecule has 4 atom stereocenters. The van der Waals surface area contributed by atoms with Crippen LogP contribution >= 0.6 is 0 Å². The van der Waals surface area contributed by atoms with Gasteiger partial charge in [0.25, 0.3) is 5.91 Å². The summed E-state index contributed by atoms with van der Waals surface area (Å²) in [6, 6.07) is 14.4. The molecule has 0 spiro atoms. The van der Waals surface area contributed by atoms with E-state index in [0.717, 1.165) is 16.7 Å². The van der Waals surface area contributed by atoms with Crippen LogP contribution < -0.4 is 0 Å². The van der Waals surface area contributed by atoms with Crippen molar-refractivity contribution in [2.75, 3.05) is 14.1 Å². The maximum atomic E-state index is 14.2. The van der Waals surface area contributed by atoms with E-state index < -0.39 is 59.8 Å². The van der Waals surface area contributed by atoms with Crippen molar-refractivity contribution >= 4 is 29.9 Å². The van der Waals surface area contributed by atoms with Gasteiger partial charge in [0.2, 0.25) is 0 Å². The zero-order valence-electron chi connectivity index (χ0n) is 31.6. The minimum atomic E-state index is -1.34. The lowest BCUT2D eigenvalue weighted by atomic mass is 10.00. The highest BCUT2D eigenvalue weighted by Gasteiger charge is 2.39. The van der Waals surface area contributed by atoms with Gasteiger partial charge in [-0.15, -0.1) is 0 Å². The van der Waals surface area contributed by atoms with Gasteiger partial charge in [0.05, 0.1) is 0 Å². The van der Waals surface area contributed by atoms with Gasteiger partial charge in [-0.1, -0.05) is 87.9 Å². The Hall–Kier alpha value is -4.41. The van der Waals surface area contributed by atoms with E-state index in [-0.39, 0.29) is 37.7 Å². The highest BCUT2D eigenvalue weighted by atomic mass is 16.6. The lowest BCUT2D eigenvalue weighted by Crippen LogP contribution is -2.52. The van der Waals surface area contributed by atoms with Gasteiger partial charge in [-0.3, -0.25) is 9.69 Å². The average Bonchev–Trinajstić information content (AvgIpc) is 3.03. The number of hydrogen-bond donors (Lipinski definition) is 0. The lowest BCUT2D eigenvalue weighted by molar-refractivity contribution is -0.174. The second-order valence-electron chi connectivity index (χ2n) is 14.6. The predicted molar refractivity (Wildman–Crippen MR) is 190 cm³/mol. The molecule has 2 rings (SSSR count). The zero-order valence-corrected chi connectivity index (χ0v) is 31.6. The van der Waals surface area contributed by atoms with Crippen molar-refractivity contribution in [3.63, 3.8) is 0 Å². The van der Waals surface area contributed by atoms with Gasteiger partial charge in [0, 0.05) is 20.5 Å². The van der Waals surface area contributed by atoms with Gasteiger partial charge in [0.15, 0.2) is 12.2 Å². The van der Waals surface area contributed by atoms with Gasteiger partial charge in [-0.25, -0.2) is 19.2 Å². The summed E-state index contributed by atoms with van der Waals surface area (Å²) in [4.78, 5) is 69.8. The number of amides is 2. The van der Waals surface area contributed by atoms with Crippen molar-refractivity contribution in [2.45, 2.75) is 118 Å². The lowest BCUT2D eigenvalue weighted by Gasteiger charge is -2.33. The van der Waals surface area contributed by atoms with Crippen LogP contribution in [0.5, 0.6) is 0 Å². The van der Waals surface area contributed by atoms with Crippen LogP contribution in [0.25, 0.3) is 0 Å². The van der Waals surface area contributed by atoms with Crippen molar-refractivity contribution in [2.24, 2.45) is 11.8 Å². The zero-order chi connectivity index (χ0) is 37.8. The molecule has 0 saturated carbocycles. The molecule has 0 aliphatic rings. The van der Waals surface area contributed by atoms with E-state index in [1.54, 1.807) is 20.8 Å². The number of aryl methyl sites for hydroxylation is 1. The Balaban J connectivity index is 2.35. The molecule has 0 fully saturated rings. The van der Waals surface area contributed by atoms with Crippen LogP contribution in [0.1, 0.15) is 84.9 Å². The van der Waals surface area contributed by atoms with Gasteiger partial charge >= 0.3 is 24.0 Å². The largest absolute Gasteiger partial charge is 0.458 e. The SMILES string of the molecule is Cc1ccc(C[C@@H](OC(=O)[C@H](CC(C)C)N(C)C(=O)OC(C)(C)C)C(=O)N(C)[C@@H](CC(C)C)C(=O)O[C@H](C)C(=O)OCc2ccccc2)cc1. The summed E-state index contributed by atoms with van der Waals surface area (Å²) in [5.41, 5.74) is 1.73. The minimum Gasteiger partial charge on any atom is -0.458 e. The van der Waals surface area contributed by atoms with Crippen LogP contribution in [-0.4, -0.2) is 83.7 Å². The van der Waals surface area contributed by atoms with Crippen LogP contribution in [0, 0.1) is 18.8 Å². The molecule has 2 amide bonds. The molecule has 11 heteroatoms. The smallest absolute Gasteiger partial charge is 0.410 e. The number of benzene rings is 2. The molecule has 0 heterocycles. The Morgan fingerprint density at radius 3 is 1.72 bits per heavy atom. The summed E-state index contributed by atoms with van der Waals surface area (Å²) in [7, 11) is 2.91. The Kier molecular flexibility index (Phi) is 16.0. The first-order chi connectivity index (χ1) is 23.3. The third kappa shape index (κ3) is 13.8. The Morgan fingerprint density at radius 2 is 1.20 bits per heavy atom. The van der Waals surface area contributed by atoms with E-state index in [4.69, 9.17) is 18.9 Å². The normalized spacial score (nSPS) is 13.9. The molecule has 276 valence electrons. The van der Waals surface area contributed by atoms with Gasteiger partial charge in [-0.2, -0.15) is 0 Å². The van der Waals surface area contributed by atoms with E-state index >= 15 is 0 Å². The maximum Gasteiger partial charge on any atom is 0.410 e. The molecule has 11 nitrogen and oxygen atoms in total. The number of hydrogen-bond acceptors (Lipinski definition) is 9. The van der Waals surface area contributed by atoms with Crippen LogP contribution in [0.3, 0.4) is 0 Å². The monoisotopic (exact) mass is 696 g/mol. The van der Waals surface area contributed by atoms with Crippen LogP contribution in [0.2, 0.25) is 0 Å². The van der Waals surface area contributed by atoms with E-state index in [9.17, 15) is 24.0 Å². The van der Waals surface area contributed by atoms with Crippen molar-refractivity contribution in [3.05, 3.63) is 71.3 Å². The molecule has 0 aliphatic carbocycles. The summed E-state index contributed by atoms with van der Waals surface area (Å²) >= 11 is 0. The second kappa shape index (κ2) is 19.1. The molecule has 2 aromatic carbocycles. The molecule has 2 aromatic rings. The molecule has 0 radical (unpaired) electrons. The standard InChI is InChI=1S/C39H56N2O9/c1-25(2)21-31(36(44)48-28(6)35(43)47-24-30-15-13-12-14-16-30)40(10)34(42)33(23-29-19-17-27(5)18-20-29)49-37(45)32(22-26(3)4)41(11)38(46)50-39(7,8)9/h12-20,25-26,28,31-33H,21-24H2,1-11H3/t28-,31+,32+,33-/m1/s1. The average molecular weight is 697 g/mol. The summed E-state index contributed by atoms with van der Waals surface area (Å²) in [5, 5.41) is 0. The summed E-state index contributed by atoms with van der Waals surface area (Å²) in [6.07, 6.45) is -2.77. The quantitative estimate of drug-likeness (QED) is 0.147. The number of carbonyl (C=O) groups is 5.